The van der Waals surface area contributed by atoms with Gasteiger partial charge < -0.3 is 4.90 Å². The molecule has 1 aliphatic heterocycles. The van der Waals surface area contributed by atoms with Crippen molar-refractivity contribution in [2.24, 2.45) is 0 Å². The van der Waals surface area contributed by atoms with Gasteiger partial charge in [0.2, 0.25) is 5.91 Å². The zero-order valence-electron chi connectivity index (χ0n) is 16.3. The van der Waals surface area contributed by atoms with Gasteiger partial charge in [0.1, 0.15) is 0 Å². The molecule has 1 unspecified atom stereocenters. The topological polar surface area (TPSA) is 67.3 Å². The minimum absolute atomic E-state index is 0.0234. The van der Waals surface area contributed by atoms with Crippen LogP contribution in [-0.2, 0) is 14.6 Å². The largest absolute Gasteiger partial charge is 0.338 e. The average molecular weight is 407 g/mol. The third-order valence-corrected chi connectivity index (χ3v) is 7.73. The van der Waals surface area contributed by atoms with Crippen LogP contribution in [-0.4, -0.2) is 54.1 Å². The molecule has 27 heavy (non-hydrogen) atoms. The molecule has 1 aliphatic rings. The average Bonchev–Trinajstić information content (AvgIpc) is 2.94. The SMILES string of the molecule is CCN(C(=O)CSc1cc(C)c2cc(C)cc(C)c2n1)C1CCS(=O)(=O)C1. The summed E-state index contributed by atoms with van der Waals surface area (Å²) in [5.74, 6) is 0.513. The summed E-state index contributed by atoms with van der Waals surface area (Å²) >= 11 is 1.42. The van der Waals surface area contributed by atoms with E-state index in [9.17, 15) is 13.2 Å². The van der Waals surface area contributed by atoms with Crippen LogP contribution >= 0.6 is 11.8 Å². The highest BCUT2D eigenvalue weighted by atomic mass is 32.2. The summed E-state index contributed by atoms with van der Waals surface area (Å²) in [5, 5.41) is 1.98. The molecule has 5 nitrogen and oxygen atoms in total. The minimum atomic E-state index is -3.00. The second kappa shape index (κ2) is 7.80. The fourth-order valence-corrected chi connectivity index (χ4v) is 6.35. The quantitative estimate of drug-likeness (QED) is 0.713. The Bertz CT molecular complexity index is 986. The predicted octanol–water partition coefficient (Wildman–Crippen LogP) is 3.29. The highest BCUT2D eigenvalue weighted by Crippen LogP contribution is 2.27. The molecule has 1 fully saturated rings. The van der Waals surface area contributed by atoms with E-state index >= 15 is 0 Å². The number of aromatic nitrogens is 1. The number of thioether (sulfide) groups is 1. The van der Waals surface area contributed by atoms with Crippen molar-refractivity contribution in [1.29, 1.82) is 0 Å². The molecular weight excluding hydrogens is 380 g/mol. The van der Waals surface area contributed by atoms with Crippen molar-refractivity contribution in [1.82, 2.24) is 9.88 Å². The Labute approximate surface area is 165 Å². The van der Waals surface area contributed by atoms with Gasteiger partial charge in [-0.25, -0.2) is 13.4 Å². The first-order chi connectivity index (χ1) is 12.7. The molecule has 3 rings (SSSR count). The summed E-state index contributed by atoms with van der Waals surface area (Å²) in [4.78, 5) is 19.1. The number of amides is 1. The van der Waals surface area contributed by atoms with E-state index in [1.165, 1.54) is 17.3 Å². The van der Waals surface area contributed by atoms with Crippen molar-refractivity contribution in [2.45, 2.75) is 45.2 Å². The number of nitrogens with zero attached hydrogens (tertiary/aromatic N) is 2. The Balaban J connectivity index is 1.75. The summed E-state index contributed by atoms with van der Waals surface area (Å²) in [6.45, 7) is 8.63. The molecule has 2 heterocycles. The van der Waals surface area contributed by atoms with Crippen LogP contribution in [0.4, 0.5) is 0 Å². The first-order valence-corrected chi connectivity index (χ1v) is 12.0. The number of fused-ring (bicyclic) bond motifs is 1. The molecule has 0 bridgehead atoms. The molecule has 2 aromatic rings. The van der Waals surface area contributed by atoms with Gasteiger partial charge in [-0.15, -0.1) is 0 Å². The molecule has 1 atom stereocenters. The number of carbonyl (C=O) groups is 1. The lowest BCUT2D eigenvalue weighted by Crippen LogP contribution is -2.41. The number of aryl methyl sites for hydroxylation is 3. The lowest BCUT2D eigenvalue weighted by molar-refractivity contribution is -0.129. The summed E-state index contributed by atoms with van der Waals surface area (Å²) in [5.41, 5.74) is 4.47. The minimum Gasteiger partial charge on any atom is -0.338 e. The fourth-order valence-electron chi connectivity index (χ4n) is 3.77. The van der Waals surface area contributed by atoms with Crippen LogP contribution in [0.1, 0.15) is 30.0 Å². The number of benzene rings is 1. The Kier molecular flexibility index (Phi) is 5.82. The van der Waals surface area contributed by atoms with E-state index in [0.29, 0.717) is 13.0 Å². The molecule has 0 aliphatic carbocycles. The summed E-state index contributed by atoms with van der Waals surface area (Å²) in [6.07, 6.45) is 0.540. The van der Waals surface area contributed by atoms with Crippen molar-refractivity contribution in [2.75, 3.05) is 23.8 Å². The van der Waals surface area contributed by atoms with E-state index in [1.54, 1.807) is 4.90 Å². The van der Waals surface area contributed by atoms with Crippen molar-refractivity contribution < 1.29 is 13.2 Å². The molecule has 0 spiro atoms. The van der Waals surface area contributed by atoms with Crippen LogP contribution in [0.2, 0.25) is 0 Å². The van der Waals surface area contributed by atoms with Crippen LogP contribution in [0.25, 0.3) is 10.9 Å². The Morgan fingerprint density at radius 3 is 2.59 bits per heavy atom. The van der Waals surface area contributed by atoms with Crippen molar-refractivity contribution in [3.8, 4) is 0 Å². The molecule has 1 saturated heterocycles. The summed E-state index contributed by atoms with van der Waals surface area (Å²) in [6, 6.07) is 6.09. The molecule has 1 amide bonds. The van der Waals surface area contributed by atoms with Crippen LogP contribution in [0, 0.1) is 20.8 Å². The first kappa shape index (κ1) is 20.1. The van der Waals surface area contributed by atoms with Crippen molar-refractivity contribution in [3.63, 3.8) is 0 Å². The van der Waals surface area contributed by atoms with Gasteiger partial charge >= 0.3 is 0 Å². The van der Waals surface area contributed by atoms with E-state index < -0.39 is 9.84 Å². The lowest BCUT2D eigenvalue weighted by Gasteiger charge is -2.26. The van der Waals surface area contributed by atoms with Gasteiger partial charge in [-0.2, -0.15) is 0 Å². The number of hydrogen-bond donors (Lipinski definition) is 0. The Hall–Kier alpha value is -1.60. The second-order valence-corrected chi connectivity index (χ2v) is 10.5. The fraction of sp³-hybridized carbons (Fsp3) is 0.500. The Morgan fingerprint density at radius 2 is 1.96 bits per heavy atom. The number of sulfone groups is 1. The van der Waals surface area contributed by atoms with Gasteiger partial charge in [0.15, 0.2) is 9.84 Å². The standard InChI is InChI=1S/C20H26N2O3S2/c1-5-22(16-6-7-27(24,25)12-16)19(23)11-26-18-10-14(3)17-9-13(2)8-15(4)20(17)21-18/h8-10,16H,5-7,11-12H2,1-4H3. The van der Waals surface area contributed by atoms with Gasteiger partial charge in [0, 0.05) is 18.0 Å². The zero-order chi connectivity index (χ0) is 19.8. The Morgan fingerprint density at radius 1 is 1.22 bits per heavy atom. The van der Waals surface area contributed by atoms with Crippen LogP contribution < -0.4 is 0 Å². The number of hydrogen-bond acceptors (Lipinski definition) is 5. The van der Waals surface area contributed by atoms with Crippen LogP contribution in [0.3, 0.4) is 0 Å². The number of carbonyl (C=O) groups excluding carboxylic acids is 1. The maximum absolute atomic E-state index is 12.7. The van der Waals surface area contributed by atoms with Crippen LogP contribution in [0.15, 0.2) is 23.2 Å². The molecule has 0 radical (unpaired) electrons. The van der Waals surface area contributed by atoms with Gasteiger partial charge in [-0.05, 0) is 57.4 Å². The van der Waals surface area contributed by atoms with E-state index in [0.717, 1.165) is 27.1 Å². The van der Waals surface area contributed by atoms with Crippen LogP contribution in [0.5, 0.6) is 0 Å². The number of rotatable bonds is 5. The molecule has 146 valence electrons. The van der Waals surface area contributed by atoms with Crippen molar-refractivity contribution >= 4 is 38.4 Å². The zero-order valence-corrected chi connectivity index (χ0v) is 17.9. The third-order valence-electron chi connectivity index (χ3n) is 5.09. The predicted molar refractivity (Wildman–Crippen MR) is 111 cm³/mol. The molecule has 1 aromatic heterocycles. The summed E-state index contributed by atoms with van der Waals surface area (Å²) in [7, 11) is -3.00. The molecule has 0 saturated carbocycles. The highest BCUT2D eigenvalue weighted by molar-refractivity contribution is 7.99. The smallest absolute Gasteiger partial charge is 0.233 e. The molecular formula is C20H26N2O3S2. The second-order valence-electron chi connectivity index (χ2n) is 7.28. The van der Waals surface area contributed by atoms with E-state index in [2.05, 4.69) is 32.9 Å². The third kappa shape index (κ3) is 4.46. The monoisotopic (exact) mass is 406 g/mol. The van der Waals surface area contributed by atoms with Crippen molar-refractivity contribution in [3.05, 3.63) is 34.9 Å². The number of pyridine rings is 1. The first-order valence-electron chi connectivity index (χ1n) is 9.21. The van der Waals surface area contributed by atoms with E-state index in [-0.39, 0.29) is 29.2 Å². The van der Waals surface area contributed by atoms with Gasteiger partial charge in [-0.1, -0.05) is 23.4 Å². The van der Waals surface area contributed by atoms with E-state index in [4.69, 9.17) is 4.98 Å². The normalized spacial score (nSPS) is 18.7. The van der Waals surface area contributed by atoms with E-state index in [1.807, 2.05) is 13.0 Å². The maximum Gasteiger partial charge on any atom is 0.233 e. The van der Waals surface area contributed by atoms with Gasteiger partial charge in [0.25, 0.3) is 0 Å². The maximum atomic E-state index is 12.7. The molecule has 7 heteroatoms. The highest BCUT2D eigenvalue weighted by Gasteiger charge is 2.33. The molecule has 0 N–H and O–H groups in total. The molecule has 1 aromatic carbocycles. The lowest BCUT2D eigenvalue weighted by atomic mass is 10.0. The van der Waals surface area contributed by atoms with Gasteiger partial charge in [-0.3, -0.25) is 4.79 Å². The van der Waals surface area contributed by atoms with Gasteiger partial charge in [0.05, 0.1) is 27.8 Å². The summed E-state index contributed by atoms with van der Waals surface area (Å²) < 4.78 is 23.5.